The molecule has 0 bridgehead atoms. The molecule has 1 aliphatic heterocycles. The molecular formula is C24H29N3O2S2. The van der Waals surface area contributed by atoms with E-state index in [1.165, 1.54) is 15.1 Å². The molecule has 5 nitrogen and oxygen atoms in total. The summed E-state index contributed by atoms with van der Waals surface area (Å²) in [5.74, 6) is 0.0332. The van der Waals surface area contributed by atoms with E-state index in [2.05, 4.69) is 34.7 Å². The molecule has 3 heterocycles. The van der Waals surface area contributed by atoms with Crippen LogP contribution in [0.25, 0.3) is 10.2 Å². The number of hydrogen-bond acceptors (Lipinski definition) is 5. The zero-order chi connectivity index (χ0) is 21.6. The normalized spacial score (nSPS) is 14.4. The van der Waals surface area contributed by atoms with Crippen LogP contribution in [0.3, 0.4) is 0 Å². The monoisotopic (exact) mass is 455 g/mol. The van der Waals surface area contributed by atoms with E-state index in [1.807, 2.05) is 23.1 Å². The Morgan fingerprint density at radius 3 is 2.94 bits per heavy atom. The van der Waals surface area contributed by atoms with E-state index in [-0.39, 0.29) is 11.8 Å². The van der Waals surface area contributed by atoms with Crippen molar-refractivity contribution in [3.8, 4) is 0 Å². The number of rotatable bonds is 9. The molecule has 1 aliphatic rings. The highest BCUT2D eigenvalue weighted by Crippen LogP contribution is 2.25. The summed E-state index contributed by atoms with van der Waals surface area (Å²) in [5, 5.41) is 6.23. The highest BCUT2D eigenvalue weighted by molar-refractivity contribution is 7.18. The fraction of sp³-hybridized carbons (Fsp3) is 0.458. The first-order valence-electron chi connectivity index (χ1n) is 11.1. The van der Waals surface area contributed by atoms with Crippen molar-refractivity contribution >= 4 is 44.7 Å². The summed E-state index contributed by atoms with van der Waals surface area (Å²) in [5.41, 5.74) is 2.30. The summed E-state index contributed by atoms with van der Waals surface area (Å²) in [4.78, 5) is 33.5. The lowest BCUT2D eigenvalue weighted by Crippen LogP contribution is -2.49. The summed E-state index contributed by atoms with van der Waals surface area (Å²) in [6, 6.07) is 9.87. The lowest BCUT2D eigenvalue weighted by molar-refractivity contribution is -0.137. The van der Waals surface area contributed by atoms with Crippen molar-refractivity contribution < 1.29 is 9.59 Å². The van der Waals surface area contributed by atoms with E-state index in [1.54, 1.807) is 22.7 Å². The Morgan fingerprint density at radius 2 is 2.10 bits per heavy atom. The second-order valence-corrected chi connectivity index (χ2v) is 10.2. The third kappa shape index (κ3) is 5.52. The van der Waals surface area contributed by atoms with E-state index >= 15 is 0 Å². The SMILES string of the molecule is CCCC(NC(=O)CCCCc1nc2ccccc2s1)C(=O)N1CCc2sccc2C1. The van der Waals surface area contributed by atoms with Gasteiger partial charge in [-0.1, -0.05) is 25.5 Å². The number of fused-ring (bicyclic) bond motifs is 2. The summed E-state index contributed by atoms with van der Waals surface area (Å²) in [7, 11) is 0. The number of amides is 2. The van der Waals surface area contributed by atoms with Gasteiger partial charge in [-0.15, -0.1) is 22.7 Å². The zero-order valence-electron chi connectivity index (χ0n) is 17.9. The summed E-state index contributed by atoms with van der Waals surface area (Å²) < 4.78 is 1.21. The van der Waals surface area contributed by atoms with E-state index in [0.29, 0.717) is 19.4 Å². The number of thiazole rings is 1. The number of aromatic nitrogens is 1. The van der Waals surface area contributed by atoms with Crippen molar-refractivity contribution in [2.24, 2.45) is 0 Å². The molecule has 0 saturated heterocycles. The number of benzene rings is 1. The van der Waals surface area contributed by atoms with Gasteiger partial charge in [-0.2, -0.15) is 0 Å². The zero-order valence-corrected chi connectivity index (χ0v) is 19.6. The maximum absolute atomic E-state index is 13.1. The van der Waals surface area contributed by atoms with Crippen molar-refractivity contribution in [1.29, 1.82) is 0 Å². The van der Waals surface area contributed by atoms with Crippen LogP contribution in [0.5, 0.6) is 0 Å². The molecule has 0 spiro atoms. The molecule has 0 fully saturated rings. The first-order chi connectivity index (χ1) is 15.1. The van der Waals surface area contributed by atoms with Gasteiger partial charge in [0, 0.05) is 24.4 Å². The van der Waals surface area contributed by atoms with Crippen molar-refractivity contribution in [2.45, 2.75) is 64.5 Å². The van der Waals surface area contributed by atoms with Crippen molar-refractivity contribution in [3.05, 3.63) is 51.2 Å². The minimum Gasteiger partial charge on any atom is -0.344 e. The van der Waals surface area contributed by atoms with Crippen molar-refractivity contribution in [3.63, 3.8) is 0 Å². The number of nitrogens with one attached hydrogen (secondary N) is 1. The van der Waals surface area contributed by atoms with E-state index in [9.17, 15) is 9.59 Å². The molecule has 2 aromatic heterocycles. The number of thiophene rings is 1. The molecule has 1 N–H and O–H groups in total. The maximum atomic E-state index is 13.1. The first kappa shape index (κ1) is 22.0. The molecule has 0 saturated carbocycles. The highest BCUT2D eigenvalue weighted by atomic mass is 32.1. The quantitative estimate of drug-likeness (QED) is 0.465. The van der Waals surface area contributed by atoms with Crippen LogP contribution >= 0.6 is 22.7 Å². The molecule has 2 amide bonds. The Kier molecular flexibility index (Phi) is 7.35. The molecule has 1 unspecified atom stereocenters. The number of unbranched alkanes of at least 4 members (excludes halogenated alkanes) is 1. The number of carbonyl (C=O) groups excluding carboxylic acids is 2. The van der Waals surface area contributed by atoms with E-state index in [0.717, 1.165) is 49.2 Å². The van der Waals surface area contributed by atoms with Gasteiger partial charge in [0.05, 0.1) is 15.2 Å². The lowest BCUT2D eigenvalue weighted by atomic mass is 10.1. The van der Waals surface area contributed by atoms with E-state index in [4.69, 9.17) is 0 Å². The molecule has 1 atom stereocenters. The third-order valence-corrected chi connectivity index (χ3v) is 7.83. The fourth-order valence-electron chi connectivity index (χ4n) is 4.06. The molecule has 164 valence electrons. The second-order valence-electron chi connectivity index (χ2n) is 8.07. The lowest BCUT2D eigenvalue weighted by Gasteiger charge is -2.31. The maximum Gasteiger partial charge on any atom is 0.245 e. The Bertz CT molecular complexity index is 1010. The van der Waals surface area contributed by atoms with Gasteiger partial charge in [-0.3, -0.25) is 9.59 Å². The molecule has 4 rings (SSSR count). The number of aryl methyl sites for hydroxylation is 1. The average Bonchev–Trinajstić information content (AvgIpc) is 3.41. The fourth-order valence-corrected chi connectivity index (χ4v) is 5.96. The summed E-state index contributed by atoms with van der Waals surface area (Å²) >= 11 is 3.50. The van der Waals surface area contributed by atoms with Crippen LogP contribution in [0.1, 0.15) is 54.5 Å². The highest BCUT2D eigenvalue weighted by Gasteiger charge is 2.28. The number of nitrogens with zero attached hydrogens (tertiary/aromatic N) is 2. The Balaban J connectivity index is 1.24. The minimum absolute atomic E-state index is 0.0238. The van der Waals surface area contributed by atoms with Gasteiger partial charge in [-0.25, -0.2) is 4.98 Å². The summed E-state index contributed by atoms with van der Waals surface area (Å²) in [6.07, 6.45) is 5.53. The molecule has 7 heteroatoms. The molecule has 31 heavy (non-hydrogen) atoms. The van der Waals surface area contributed by atoms with Crippen LogP contribution in [0.4, 0.5) is 0 Å². The topological polar surface area (TPSA) is 62.3 Å². The second kappa shape index (κ2) is 10.4. The van der Waals surface area contributed by atoms with Crippen LogP contribution < -0.4 is 5.32 Å². The van der Waals surface area contributed by atoms with E-state index < -0.39 is 6.04 Å². The number of hydrogen-bond donors (Lipinski definition) is 1. The Labute approximate surface area is 191 Å². The van der Waals surface area contributed by atoms with Gasteiger partial charge >= 0.3 is 0 Å². The molecule has 0 radical (unpaired) electrons. The molecule has 1 aromatic carbocycles. The first-order valence-corrected chi connectivity index (χ1v) is 12.8. The van der Waals surface area contributed by atoms with Crippen LogP contribution in [-0.2, 0) is 29.0 Å². The number of para-hydroxylation sites is 1. The van der Waals surface area contributed by atoms with Crippen LogP contribution in [0.2, 0.25) is 0 Å². The van der Waals surface area contributed by atoms with Crippen molar-refractivity contribution in [1.82, 2.24) is 15.2 Å². The van der Waals surface area contributed by atoms with Gasteiger partial charge in [0.25, 0.3) is 0 Å². The molecular weight excluding hydrogens is 426 g/mol. The predicted octanol–water partition coefficient (Wildman–Crippen LogP) is 4.94. The van der Waals surface area contributed by atoms with Gasteiger partial charge in [-0.05, 0) is 61.2 Å². The minimum atomic E-state index is -0.415. The summed E-state index contributed by atoms with van der Waals surface area (Å²) in [6.45, 7) is 3.46. The average molecular weight is 456 g/mol. The van der Waals surface area contributed by atoms with Crippen molar-refractivity contribution in [2.75, 3.05) is 6.54 Å². The molecule has 0 aliphatic carbocycles. The van der Waals surface area contributed by atoms with Crippen LogP contribution in [-0.4, -0.2) is 34.3 Å². The van der Waals surface area contributed by atoms with Gasteiger partial charge in [0.15, 0.2) is 0 Å². The van der Waals surface area contributed by atoms with Gasteiger partial charge < -0.3 is 10.2 Å². The largest absolute Gasteiger partial charge is 0.344 e. The van der Waals surface area contributed by atoms with Crippen LogP contribution in [0.15, 0.2) is 35.7 Å². The van der Waals surface area contributed by atoms with Crippen LogP contribution in [0, 0.1) is 0 Å². The predicted molar refractivity (Wildman–Crippen MR) is 127 cm³/mol. The van der Waals surface area contributed by atoms with Gasteiger partial charge in [0.2, 0.25) is 11.8 Å². The van der Waals surface area contributed by atoms with Gasteiger partial charge in [0.1, 0.15) is 6.04 Å². The standard InChI is InChI=1S/C24H29N3O2S2/c1-2-7-19(24(29)27-14-12-20-17(16-27)13-15-30-20)25-22(28)10-5-6-11-23-26-18-8-3-4-9-21(18)31-23/h3-4,8-9,13,15,19H,2,5-7,10-12,14,16H2,1H3,(H,25,28). The smallest absolute Gasteiger partial charge is 0.245 e. The Hall–Kier alpha value is -2.25. The Morgan fingerprint density at radius 1 is 1.23 bits per heavy atom. The number of carbonyl (C=O) groups is 2. The molecule has 3 aromatic rings. The third-order valence-electron chi connectivity index (χ3n) is 5.71.